The largest absolute Gasteiger partial charge is 0.406 e. The van der Waals surface area contributed by atoms with Crippen molar-refractivity contribution < 1.29 is 31.9 Å². The summed E-state index contributed by atoms with van der Waals surface area (Å²) in [6.45, 7) is -1.78. The number of halogens is 4. The molecule has 0 aromatic heterocycles. The number of amides is 4. The van der Waals surface area contributed by atoms with Crippen molar-refractivity contribution in [3.63, 3.8) is 0 Å². The van der Waals surface area contributed by atoms with Gasteiger partial charge in [0, 0.05) is 0 Å². The Morgan fingerprint density at radius 2 is 1.57 bits per heavy atom. The highest BCUT2D eigenvalue weighted by Crippen LogP contribution is 2.25. The van der Waals surface area contributed by atoms with Crippen LogP contribution in [0.1, 0.15) is 6.42 Å². The molecule has 21 heavy (non-hydrogen) atoms. The van der Waals surface area contributed by atoms with E-state index in [4.69, 9.17) is 0 Å². The highest BCUT2D eigenvalue weighted by Gasteiger charge is 2.44. The minimum atomic E-state index is -4.78. The van der Waals surface area contributed by atoms with Gasteiger partial charge in [-0.3, -0.25) is 14.5 Å². The standard InChI is InChI=1S/C12H8F4N2O3/c13-7-1-3-8(4-2-7)18-10(20)5-9(19)17(11(18)21)6-12(14,15)16/h1-4H,5-6H2. The third kappa shape index (κ3) is 3.18. The molecule has 1 saturated heterocycles. The van der Waals surface area contributed by atoms with Crippen LogP contribution in [0.5, 0.6) is 0 Å². The molecule has 1 fully saturated rings. The van der Waals surface area contributed by atoms with Gasteiger partial charge in [-0.25, -0.2) is 14.1 Å². The van der Waals surface area contributed by atoms with Gasteiger partial charge < -0.3 is 0 Å². The first kappa shape index (κ1) is 14.9. The molecular weight excluding hydrogens is 296 g/mol. The first-order valence-corrected chi connectivity index (χ1v) is 5.68. The van der Waals surface area contributed by atoms with Crippen LogP contribution in [-0.4, -0.2) is 35.5 Å². The molecule has 1 aromatic carbocycles. The molecule has 1 aromatic rings. The number of carbonyl (C=O) groups excluding carboxylic acids is 3. The van der Waals surface area contributed by atoms with Crippen LogP contribution in [0.2, 0.25) is 0 Å². The molecule has 2 rings (SSSR count). The number of hydrogen-bond acceptors (Lipinski definition) is 3. The summed E-state index contributed by atoms with van der Waals surface area (Å²) in [5, 5.41) is 0. The minimum absolute atomic E-state index is 0.0508. The molecule has 1 heterocycles. The van der Waals surface area contributed by atoms with Gasteiger partial charge in [0.05, 0.1) is 5.69 Å². The number of alkyl halides is 3. The van der Waals surface area contributed by atoms with E-state index in [2.05, 4.69) is 0 Å². The van der Waals surface area contributed by atoms with E-state index in [0.717, 1.165) is 24.3 Å². The van der Waals surface area contributed by atoms with Gasteiger partial charge in [0.1, 0.15) is 18.8 Å². The number of anilines is 1. The number of barbiturate groups is 1. The Balaban J connectivity index is 2.33. The normalized spacial score (nSPS) is 16.7. The average molecular weight is 304 g/mol. The first-order valence-electron chi connectivity index (χ1n) is 5.68. The van der Waals surface area contributed by atoms with Crippen LogP contribution in [0.15, 0.2) is 24.3 Å². The predicted molar refractivity (Wildman–Crippen MR) is 61.7 cm³/mol. The monoisotopic (exact) mass is 304 g/mol. The number of nitrogens with zero attached hydrogens (tertiary/aromatic N) is 2. The third-order valence-electron chi connectivity index (χ3n) is 2.70. The number of hydrogen-bond donors (Lipinski definition) is 0. The SMILES string of the molecule is O=C1CC(=O)N(c2ccc(F)cc2)C(=O)N1CC(F)(F)F. The molecule has 112 valence electrons. The number of benzene rings is 1. The quantitative estimate of drug-likeness (QED) is 0.621. The van der Waals surface area contributed by atoms with E-state index >= 15 is 0 Å². The second kappa shape index (κ2) is 5.15. The fraction of sp³-hybridized carbons (Fsp3) is 0.250. The maximum absolute atomic E-state index is 12.8. The summed E-state index contributed by atoms with van der Waals surface area (Å²) in [6, 6.07) is 2.61. The number of rotatable bonds is 2. The molecule has 0 bridgehead atoms. The van der Waals surface area contributed by atoms with Crippen molar-refractivity contribution in [3.05, 3.63) is 30.1 Å². The van der Waals surface area contributed by atoms with Crippen molar-refractivity contribution in [3.8, 4) is 0 Å². The first-order chi connectivity index (χ1) is 9.69. The summed E-state index contributed by atoms with van der Waals surface area (Å²) in [5.41, 5.74) is -0.105. The average Bonchev–Trinajstić information content (AvgIpc) is 2.35. The highest BCUT2D eigenvalue weighted by molar-refractivity contribution is 6.26. The molecule has 0 atom stereocenters. The Kier molecular flexibility index (Phi) is 3.67. The van der Waals surface area contributed by atoms with Crippen molar-refractivity contribution in [1.29, 1.82) is 0 Å². The highest BCUT2D eigenvalue weighted by atomic mass is 19.4. The second-order valence-corrected chi connectivity index (χ2v) is 4.26. The lowest BCUT2D eigenvalue weighted by molar-refractivity contribution is -0.157. The molecule has 1 aliphatic heterocycles. The summed E-state index contributed by atoms with van der Waals surface area (Å²) < 4.78 is 49.9. The summed E-state index contributed by atoms with van der Waals surface area (Å²) >= 11 is 0. The van der Waals surface area contributed by atoms with Crippen LogP contribution >= 0.6 is 0 Å². The Morgan fingerprint density at radius 1 is 1.00 bits per heavy atom. The molecule has 0 N–H and O–H groups in total. The van der Waals surface area contributed by atoms with Crippen LogP contribution in [0.4, 0.5) is 28.0 Å². The maximum atomic E-state index is 12.8. The lowest BCUT2D eigenvalue weighted by atomic mass is 10.2. The van der Waals surface area contributed by atoms with E-state index in [-0.39, 0.29) is 10.6 Å². The van der Waals surface area contributed by atoms with Crippen molar-refractivity contribution in [1.82, 2.24) is 4.90 Å². The summed E-state index contributed by atoms with van der Waals surface area (Å²) in [7, 11) is 0. The van der Waals surface area contributed by atoms with Gasteiger partial charge in [-0.05, 0) is 24.3 Å². The van der Waals surface area contributed by atoms with Gasteiger partial charge in [-0.1, -0.05) is 0 Å². The number of imide groups is 2. The van der Waals surface area contributed by atoms with Crippen molar-refractivity contribution in [2.75, 3.05) is 11.4 Å². The molecule has 5 nitrogen and oxygen atoms in total. The molecule has 0 aliphatic carbocycles. The van der Waals surface area contributed by atoms with E-state index in [1.165, 1.54) is 0 Å². The molecule has 1 aliphatic rings. The van der Waals surface area contributed by atoms with Gasteiger partial charge in [0.15, 0.2) is 0 Å². The fourth-order valence-electron chi connectivity index (χ4n) is 1.82. The molecule has 9 heteroatoms. The van der Waals surface area contributed by atoms with E-state index in [1.807, 2.05) is 0 Å². The smallest absolute Gasteiger partial charge is 0.274 e. The molecule has 0 saturated carbocycles. The Morgan fingerprint density at radius 3 is 2.10 bits per heavy atom. The van der Waals surface area contributed by atoms with Crippen LogP contribution in [0.25, 0.3) is 0 Å². The second-order valence-electron chi connectivity index (χ2n) is 4.26. The van der Waals surface area contributed by atoms with Crippen LogP contribution in [-0.2, 0) is 9.59 Å². The minimum Gasteiger partial charge on any atom is -0.274 e. The molecule has 4 amide bonds. The summed E-state index contributed by atoms with van der Waals surface area (Å²) in [6.07, 6.45) is -5.64. The lowest BCUT2D eigenvalue weighted by Crippen LogP contribution is -2.57. The van der Waals surface area contributed by atoms with Crippen LogP contribution < -0.4 is 4.90 Å². The Labute approximate surface area is 115 Å². The zero-order chi connectivity index (χ0) is 15.8. The van der Waals surface area contributed by atoms with E-state index in [9.17, 15) is 31.9 Å². The van der Waals surface area contributed by atoms with E-state index < -0.39 is 42.8 Å². The van der Waals surface area contributed by atoms with Crippen molar-refractivity contribution >= 4 is 23.5 Å². The Bertz CT molecular complexity index is 598. The van der Waals surface area contributed by atoms with Gasteiger partial charge in [0.2, 0.25) is 11.8 Å². The summed E-state index contributed by atoms with van der Waals surface area (Å²) in [5.74, 6) is -2.82. The van der Waals surface area contributed by atoms with Crippen molar-refractivity contribution in [2.24, 2.45) is 0 Å². The van der Waals surface area contributed by atoms with Gasteiger partial charge in [-0.15, -0.1) is 0 Å². The lowest BCUT2D eigenvalue weighted by Gasteiger charge is -2.32. The Hall–Kier alpha value is -2.45. The molecule has 0 unspecified atom stereocenters. The zero-order valence-electron chi connectivity index (χ0n) is 10.4. The molecule has 0 radical (unpaired) electrons. The van der Waals surface area contributed by atoms with E-state index in [0.29, 0.717) is 4.90 Å². The van der Waals surface area contributed by atoms with Crippen LogP contribution in [0.3, 0.4) is 0 Å². The third-order valence-corrected chi connectivity index (χ3v) is 2.70. The molecular formula is C12H8F4N2O3. The topological polar surface area (TPSA) is 57.7 Å². The van der Waals surface area contributed by atoms with Gasteiger partial charge in [0.25, 0.3) is 0 Å². The maximum Gasteiger partial charge on any atom is 0.406 e. The fourth-order valence-corrected chi connectivity index (χ4v) is 1.82. The van der Waals surface area contributed by atoms with E-state index in [1.54, 1.807) is 0 Å². The van der Waals surface area contributed by atoms with Crippen LogP contribution in [0, 0.1) is 5.82 Å². The van der Waals surface area contributed by atoms with Gasteiger partial charge >= 0.3 is 12.2 Å². The number of carbonyl (C=O) groups is 3. The summed E-state index contributed by atoms with van der Waals surface area (Å²) in [4.78, 5) is 35.4. The predicted octanol–water partition coefficient (Wildman–Crippen LogP) is 2.07. The zero-order valence-corrected chi connectivity index (χ0v) is 10.4. The number of urea groups is 1. The van der Waals surface area contributed by atoms with Gasteiger partial charge in [-0.2, -0.15) is 13.2 Å². The van der Waals surface area contributed by atoms with Crippen molar-refractivity contribution in [2.45, 2.75) is 12.6 Å². The molecule has 0 spiro atoms.